The molecule has 0 bridgehead atoms. The summed E-state index contributed by atoms with van der Waals surface area (Å²) < 4.78 is 18.1. The maximum Gasteiger partial charge on any atom is 0.139 e. The van der Waals surface area contributed by atoms with E-state index in [2.05, 4.69) is 24.5 Å². The molecule has 0 radical (unpaired) electrons. The predicted molar refractivity (Wildman–Crippen MR) is 58.3 cm³/mol. The zero-order chi connectivity index (χ0) is 10.4. The van der Waals surface area contributed by atoms with Gasteiger partial charge in [0.15, 0.2) is 0 Å². The summed E-state index contributed by atoms with van der Waals surface area (Å²) in [5, 5.41) is 0. The lowest BCUT2D eigenvalue weighted by atomic mass is 10.2. The average Bonchev–Trinajstić information content (AvgIpc) is 2.21. The highest BCUT2D eigenvalue weighted by Gasteiger charge is 2.00. The number of hydrogen-bond acceptors (Lipinski definition) is 2. The minimum atomic E-state index is -0.322. The molecule has 1 nitrogen and oxygen atoms in total. The van der Waals surface area contributed by atoms with Gasteiger partial charge in [-0.15, -0.1) is 0 Å². The summed E-state index contributed by atoms with van der Waals surface area (Å²) >= 11 is 4.01. The summed E-state index contributed by atoms with van der Waals surface area (Å²) in [6, 6.07) is 4.50. The van der Waals surface area contributed by atoms with Crippen molar-refractivity contribution < 1.29 is 9.13 Å². The van der Waals surface area contributed by atoms with Gasteiger partial charge in [0.1, 0.15) is 11.6 Å². The van der Waals surface area contributed by atoms with Crippen molar-refractivity contribution in [3.05, 3.63) is 29.6 Å². The van der Waals surface area contributed by atoms with Crippen LogP contribution in [0.25, 0.3) is 0 Å². The van der Waals surface area contributed by atoms with E-state index < -0.39 is 0 Å². The molecule has 0 saturated heterocycles. The number of methoxy groups -OCH3 is 1. The fraction of sp³-hybridized carbons (Fsp3) is 0.273. The molecule has 0 fully saturated rings. The van der Waals surface area contributed by atoms with Crippen LogP contribution in [0.3, 0.4) is 0 Å². The molecule has 0 aromatic heterocycles. The van der Waals surface area contributed by atoms with E-state index in [9.17, 15) is 4.39 Å². The summed E-state index contributed by atoms with van der Waals surface area (Å²) in [5.74, 6) is 6.53. The SMILES string of the molecule is COc1ccc(F)c(C#CCCS)c1. The largest absolute Gasteiger partial charge is 0.497 e. The van der Waals surface area contributed by atoms with Crippen molar-refractivity contribution in [3.8, 4) is 17.6 Å². The van der Waals surface area contributed by atoms with Crippen molar-refractivity contribution in [3.63, 3.8) is 0 Å². The van der Waals surface area contributed by atoms with Crippen LogP contribution in [-0.2, 0) is 0 Å². The molecule has 0 saturated carbocycles. The Bertz CT molecular complexity index is 365. The van der Waals surface area contributed by atoms with E-state index in [1.54, 1.807) is 12.1 Å². The average molecular weight is 210 g/mol. The van der Waals surface area contributed by atoms with Gasteiger partial charge in [-0.1, -0.05) is 11.8 Å². The molecule has 0 unspecified atom stereocenters. The lowest BCUT2D eigenvalue weighted by Crippen LogP contribution is -1.87. The molecule has 1 aromatic carbocycles. The standard InChI is InChI=1S/C11H11FOS/c1-13-10-5-6-11(12)9(8-10)4-2-3-7-14/h5-6,8,14H,3,7H2,1H3. The second kappa shape index (κ2) is 5.56. The van der Waals surface area contributed by atoms with Gasteiger partial charge in [-0.2, -0.15) is 12.6 Å². The number of ether oxygens (including phenoxy) is 1. The van der Waals surface area contributed by atoms with Crippen LogP contribution < -0.4 is 4.74 Å². The fourth-order valence-electron chi connectivity index (χ4n) is 0.941. The number of hydrogen-bond donors (Lipinski definition) is 1. The maximum absolute atomic E-state index is 13.2. The third-order valence-electron chi connectivity index (χ3n) is 1.63. The van der Waals surface area contributed by atoms with Gasteiger partial charge in [0, 0.05) is 12.2 Å². The number of halogens is 1. The van der Waals surface area contributed by atoms with Gasteiger partial charge in [-0.3, -0.25) is 0 Å². The van der Waals surface area contributed by atoms with Gasteiger partial charge in [-0.25, -0.2) is 4.39 Å². The first kappa shape index (κ1) is 10.9. The summed E-state index contributed by atoms with van der Waals surface area (Å²) in [4.78, 5) is 0. The summed E-state index contributed by atoms with van der Waals surface area (Å²) in [6.45, 7) is 0. The monoisotopic (exact) mass is 210 g/mol. The van der Waals surface area contributed by atoms with Crippen molar-refractivity contribution in [2.75, 3.05) is 12.9 Å². The Hall–Kier alpha value is -1.14. The highest BCUT2D eigenvalue weighted by Crippen LogP contribution is 2.15. The van der Waals surface area contributed by atoms with Crippen molar-refractivity contribution in [1.82, 2.24) is 0 Å². The molecular weight excluding hydrogens is 199 g/mol. The molecular formula is C11H11FOS. The number of benzene rings is 1. The molecule has 0 spiro atoms. The molecule has 0 N–H and O–H groups in total. The van der Waals surface area contributed by atoms with Gasteiger partial charge in [-0.05, 0) is 18.2 Å². The molecule has 0 aliphatic heterocycles. The Kier molecular flexibility index (Phi) is 4.34. The predicted octanol–water partition coefficient (Wildman–Crippen LogP) is 2.51. The maximum atomic E-state index is 13.2. The first-order valence-corrected chi connectivity index (χ1v) is 4.84. The lowest BCUT2D eigenvalue weighted by Gasteiger charge is -2.00. The summed E-state index contributed by atoms with van der Waals surface area (Å²) in [6.07, 6.45) is 0.653. The fourth-order valence-corrected chi connectivity index (χ4v) is 1.05. The highest BCUT2D eigenvalue weighted by atomic mass is 32.1. The molecule has 0 heterocycles. The van der Waals surface area contributed by atoms with Crippen LogP contribution in [0.4, 0.5) is 4.39 Å². The number of thiol groups is 1. The minimum absolute atomic E-state index is 0.322. The van der Waals surface area contributed by atoms with Crippen molar-refractivity contribution in [2.45, 2.75) is 6.42 Å². The Morgan fingerprint density at radius 2 is 2.29 bits per heavy atom. The van der Waals surface area contributed by atoms with E-state index in [1.165, 1.54) is 13.2 Å². The van der Waals surface area contributed by atoms with Gasteiger partial charge in [0.05, 0.1) is 12.7 Å². The van der Waals surface area contributed by atoms with Gasteiger partial charge in [0.2, 0.25) is 0 Å². The van der Waals surface area contributed by atoms with Crippen molar-refractivity contribution in [1.29, 1.82) is 0 Å². The molecule has 74 valence electrons. The van der Waals surface area contributed by atoms with E-state index in [1.807, 2.05) is 0 Å². The van der Waals surface area contributed by atoms with Crippen LogP contribution in [0.5, 0.6) is 5.75 Å². The molecule has 3 heteroatoms. The van der Waals surface area contributed by atoms with Crippen LogP contribution in [0.1, 0.15) is 12.0 Å². The first-order chi connectivity index (χ1) is 6.77. The zero-order valence-corrected chi connectivity index (χ0v) is 8.77. The minimum Gasteiger partial charge on any atom is -0.497 e. The van der Waals surface area contributed by atoms with E-state index in [0.29, 0.717) is 23.5 Å². The van der Waals surface area contributed by atoms with Crippen LogP contribution >= 0.6 is 12.6 Å². The second-order valence-corrected chi connectivity index (χ2v) is 3.07. The van der Waals surface area contributed by atoms with Crippen LogP contribution in [0.2, 0.25) is 0 Å². The number of rotatable bonds is 2. The topological polar surface area (TPSA) is 9.23 Å². The quantitative estimate of drug-likeness (QED) is 0.583. The molecule has 0 atom stereocenters. The summed E-state index contributed by atoms with van der Waals surface area (Å²) in [7, 11) is 1.54. The molecule has 0 amide bonds. The van der Waals surface area contributed by atoms with Gasteiger partial charge < -0.3 is 4.74 Å². The van der Waals surface area contributed by atoms with Crippen LogP contribution in [0.15, 0.2) is 18.2 Å². The molecule has 0 aliphatic rings. The zero-order valence-electron chi connectivity index (χ0n) is 7.88. The lowest BCUT2D eigenvalue weighted by molar-refractivity contribution is 0.413. The second-order valence-electron chi connectivity index (χ2n) is 2.62. The van der Waals surface area contributed by atoms with E-state index in [4.69, 9.17) is 4.74 Å². The van der Waals surface area contributed by atoms with Crippen molar-refractivity contribution in [2.24, 2.45) is 0 Å². The Morgan fingerprint density at radius 1 is 1.50 bits per heavy atom. The van der Waals surface area contributed by atoms with Crippen LogP contribution in [0, 0.1) is 17.7 Å². The van der Waals surface area contributed by atoms with Crippen molar-refractivity contribution >= 4 is 12.6 Å². The molecule has 0 aliphatic carbocycles. The van der Waals surface area contributed by atoms with Gasteiger partial charge in [0.25, 0.3) is 0 Å². The molecule has 1 rings (SSSR count). The van der Waals surface area contributed by atoms with Crippen LogP contribution in [-0.4, -0.2) is 12.9 Å². The Balaban J connectivity index is 2.91. The first-order valence-electron chi connectivity index (χ1n) is 4.21. The Morgan fingerprint density at radius 3 is 2.93 bits per heavy atom. The highest BCUT2D eigenvalue weighted by molar-refractivity contribution is 7.80. The normalized spacial score (nSPS) is 9.07. The summed E-state index contributed by atoms with van der Waals surface area (Å²) in [5.41, 5.74) is 0.367. The smallest absolute Gasteiger partial charge is 0.139 e. The van der Waals surface area contributed by atoms with Gasteiger partial charge >= 0.3 is 0 Å². The van der Waals surface area contributed by atoms with E-state index in [-0.39, 0.29) is 5.82 Å². The van der Waals surface area contributed by atoms with E-state index >= 15 is 0 Å². The van der Waals surface area contributed by atoms with E-state index in [0.717, 1.165) is 0 Å². The Labute approximate surface area is 88.7 Å². The molecule has 1 aromatic rings. The third kappa shape index (κ3) is 2.97. The molecule has 14 heavy (non-hydrogen) atoms. The third-order valence-corrected chi connectivity index (χ3v) is 1.86.